The lowest BCUT2D eigenvalue weighted by Gasteiger charge is -2.28. The van der Waals surface area contributed by atoms with Gasteiger partial charge in [-0.05, 0) is 48.6 Å². The molecular weight excluding hydrogens is 410 g/mol. The van der Waals surface area contributed by atoms with Crippen LogP contribution in [0.1, 0.15) is 28.7 Å². The van der Waals surface area contributed by atoms with Crippen molar-refractivity contribution in [3.05, 3.63) is 75.1 Å². The number of carbonyl (C=O) groups is 2. The zero-order chi connectivity index (χ0) is 22.7. The molecule has 3 aromatic rings. The molecule has 166 valence electrons. The Morgan fingerprint density at radius 3 is 2.69 bits per heavy atom. The Bertz CT molecular complexity index is 1230. The molecule has 1 aliphatic heterocycles. The van der Waals surface area contributed by atoms with Gasteiger partial charge in [-0.25, -0.2) is 4.79 Å². The smallest absolute Gasteiger partial charge is 0.339 e. The van der Waals surface area contributed by atoms with E-state index < -0.39 is 11.6 Å². The lowest BCUT2D eigenvalue weighted by Crippen LogP contribution is -2.38. The number of amides is 1. The van der Waals surface area contributed by atoms with E-state index in [0.29, 0.717) is 30.0 Å². The van der Waals surface area contributed by atoms with Crippen LogP contribution in [0, 0.1) is 6.92 Å². The molecule has 7 heteroatoms. The van der Waals surface area contributed by atoms with Gasteiger partial charge in [0.1, 0.15) is 11.3 Å². The van der Waals surface area contributed by atoms with Gasteiger partial charge in [-0.3, -0.25) is 9.59 Å². The quantitative estimate of drug-likeness (QED) is 0.437. The highest BCUT2D eigenvalue weighted by Gasteiger charge is 2.21. The number of rotatable bonds is 6. The van der Waals surface area contributed by atoms with Crippen LogP contribution < -0.4 is 10.4 Å². The molecule has 0 saturated heterocycles. The summed E-state index contributed by atoms with van der Waals surface area (Å²) in [5, 5.41) is 0.786. The molecular formula is C25H25NO6. The van der Waals surface area contributed by atoms with Gasteiger partial charge in [0.2, 0.25) is 0 Å². The van der Waals surface area contributed by atoms with Crippen molar-refractivity contribution in [1.82, 2.24) is 4.90 Å². The molecule has 1 aliphatic rings. The maximum absolute atomic E-state index is 12.5. The molecule has 7 nitrogen and oxygen atoms in total. The predicted octanol–water partition coefficient (Wildman–Crippen LogP) is 3.17. The number of fused-ring (bicyclic) bond motifs is 2. The molecule has 0 atom stereocenters. The molecule has 0 fully saturated rings. The average Bonchev–Trinajstić information content (AvgIpc) is 2.81. The minimum absolute atomic E-state index is 0.0105. The van der Waals surface area contributed by atoms with Gasteiger partial charge < -0.3 is 18.8 Å². The highest BCUT2D eigenvalue weighted by atomic mass is 16.5. The van der Waals surface area contributed by atoms with E-state index >= 15 is 0 Å². The third-order valence-corrected chi connectivity index (χ3v) is 5.91. The van der Waals surface area contributed by atoms with E-state index in [-0.39, 0.29) is 25.4 Å². The highest BCUT2D eigenvalue weighted by molar-refractivity contribution is 5.83. The van der Waals surface area contributed by atoms with Crippen LogP contribution >= 0.6 is 0 Å². The molecule has 0 N–H and O–H groups in total. The van der Waals surface area contributed by atoms with Crippen molar-refractivity contribution in [3.63, 3.8) is 0 Å². The molecule has 2 aromatic carbocycles. The van der Waals surface area contributed by atoms with Gasteiger partial charge in [0.15, 0.2) is 6.61 Å². The van der Waals surface area contributed by atoms with E-state index in [2.05, 4.69) is 6.07 Å². The van der Waals surface area contributed by atoms with Gasteiger partial charge in [0, 0.05) is 36.5 Å². The molecule has 0 spiro atoms. The van der Waals surface area contributed by atoms with E-state index in [1.807, 2.05) is 31.2 Å². The monoisotopic (exact) mass is 435 g/mol. The van der Waals surface area contributed by atoms with E-state index in [0.717, 1.165) is 22.9 Å². The van der Waals surface area contributed by atoms with E-state index in [1.54, 1.807) is 24.1 Å². The third-order valence-electron chi connectivity index (χ3n) is 5.91. The number of esters is 1. The molecule has 1 amide bonds. The van der Waals surface area contributed by atoms with Crippen LogP contribution in [-0.2, 0) is 33.7 Å². The van der Waals surface area contributed by atoms with Crippen LogP contribution in [0.25, 0.3) is 11.0 Å². The second kappa shape index (κ2) is 9.26. The summed E-state index contributed by atoms with van der Waals surface area (Å²) in [5.41, 5.74) is 3.51. The number of hydrogen-bond acceptors (Lipinski definition) is 6. The number of carbonyl (C=O) groups excluding carboxylic acids is 2. The standard InChI is InChI=1S/C25H25NO6/c1-16-20-8-7-19(30-2)13-22(20)32-25(29)21(16)9-10-24(28)31-15-23(27)26-12-11-17-5-3-4-6-18(17)14-26/h3-8,13H,9-12,14-15H2,1-2H3. The molecule has 2 heterocycles. The highest BCUT2D eigenvalue weighted by Crippen LogP contribution is 2.24. The molecule has 4 rings (SSSR count). The predicted molar refractivity (Wildman–Crippen MR) is 119 cm³/mol. The zero-order valence-electron chi connectivity index (χ0n) is 18.2. The van der Waals surface area contributed by atoms with Crippen molar-refractivity contribution in [2.45, 2.75) is 32.7 Å². The average molecular weight is 435 g/mol. The van der Waals surface area contributed by atoms with Crippen LogP contribution in [0.5, 0.6) is 5.75 Å². The molecule has 0 unspecified atom stereocenters. The van der Waals surface area contributed by atoms with Crippen molar-refractivity contribution >= 4 is 22.8 Å². The number of benzene rings is 2. The van der Waals surface area contributed by atoms with Crippen molar-refractivity contribution in [3.8, 4) is 5.75 Å². The second-order valence-corrected chi connectivity index (χ2v) is 7.85. The summed E-state index contributed by atoms with van der Waals surface area (Å²) in [5.74, 6) is -0.147. The summed E-state index contributed by atoms with van der Waals surface area (Å²) < 4.78 is 15.8. The van der Waals surface area contributed by atoms with E-state index in [9.17, 15) is 14.4 Å². The molecule has 1 aromatic heterocycles. The first-order valence-corrected chi connectivity index (χ1v) is 10.6. The van der Waals surface area contributed by atoms with E-state index in [4.69, 9.17) is 13.9 Å². The van der Waals surface area contributed by atoms with E-state index in [1.165, 1.54) is 5.56 Å². The number of aryl methyl sites for hydroxylation is 1. The van der Waals surface area contributed by atoms with Gasteiger partial charge in [0.05, 0.1) is 7.11 Å². The molecule has 0 bridgehead atoms. The van der Waals surface area contributed by atoms with Gasteiger partial charge in [-0.1, -0.05) is 24.3 Å². The number of hydrogen-bond donors (Lipinski definition) is 0. The summed E-state index contributed by atoms with van der Waals surface area (Å²) in [4.78, 5) is 38.8. The minimum atomic E-state index is -0.524. The topological polar surface area (TPSA) is 86.0 Å². The lowest BCUT2D eigenvalue weighted by atomic mass is 10.00. The largest absolute Gasteiger partial charge is 0.497 e. The number of methoxy groups -OCH3 is 1. The first-order valence-electron chi connectivity index (χ1n) is 10.6. The van der Waals surface area contributed by atoms with Gasteiger partial charge in [0.25, 0.3) is 5.91 Å². The SMILES string of the molecule is COc1ccc2c(C)c(CCC(=O)OCC(=O)N3CCc4ccccc4C3)c(=O)oc2c1. The Morgan fingerprint density at radius 1 is 1.12 bits per heavy atom. The Hall–Kier alpha value is -3.61. The Kier molecular flexibility index (Phi) is 6.25. The fraction of sp³-hybridized carbons (Fsp3) is 0.320. The fourth-order valence-corrected chi connectivity index (χ4v) is 4.03. The lowest BCUT2D eigenvalue weighted by molar-refractivity contribution is -0.152. The Morgan fingerprint density at radius 2 is 1.91 bits per heavy atom. The fourth-order valence-electron chi connectivity index (χ4n) is 4.03. The number of ether oxygens (including phenoxy) is 2. The maximum Gasteiger partial charge on any atom is 0.339 e. The summed E-state index contributed by atoms with van der Waals surface area (Å²) in [6, 6.07) is 13.3. The Balaban J connectivity index is 1.34. The van der Waals surface area contributed by atoms with Crippen molar-refractivity contribution in [2.75, 3.05) is 20.3 Å². The van der Waals surface area contributed by atoms with Crippen LogP contribution in [0.2, 0.25) is 0 Å². The van der Waals surface area contributed by atoms with Gasteiger partial charge in [-0.15, -0.1) is 0 Å². The molecule has 0 aliphatic carbocycles. The van der Waals surface area contributed by atoms with Crippen molar-refractivity contribution < 1.29 is 23.5 Å². The third kappa shape index (κ3) is 4.51. The van der Waals surface area contributed by atoms with Gasteiger partial charge >= 0.3 is 11.6 Å². The van der Waals surface area contributed by atoms with Crippen LogP contribution in [0.3, 0.4) is 0 Å². The normalized spacial score (nSPS) is 13.0. The first-order chi connectivity index (χ1) is 15.5. The summed E-state index contributed by atoms with van der Waals surface area (Å²) in [7, 11) is 1.54. The van der Waals surface area contributed by atoms with Crippen LogP contribution in [-0.4, -0.2) is 37.0 Å². The summed E-state index contributed by atoms with van der Waals surface area (Å²) >= 11 is 0. The summed E-state index contributed by atoms with van der Waals surface area (Å²) in [6.45, 7) is 2.65. The van der Waals surface area contributed by atoms with Gasteiger partial charge in [-0.2, -0.15) is 0 Å². The van der Waals surface area contributed by atoms with Crippen molar-refractivity contribution in [1.29, 1.82) is 0 Å². The zero-order valence-corrected chi connectivity index (χ0v) is 18.2. The maximum atomic E-state index is 12.5. The summed E-state index contributed by atoms with van der Waals surface area (Å²) in [6.07, 6.45) is 0.961. The molecule has 0 radical (unpaired) electrons. The molecule has 0 saturated carbocycles. The van der Waals surface area contributed by atoms with Crippen LogP contribution in [0.4, 0.5) is 0 Å². The van der Waals surface area contributed by atoms with Crippen LogP contribution in [0.15, 0.2) is 51.7 Å². The first kappa shape index (κ1) is 21.6. The molecule has 32 heavy (non-hydrogen) atoms. The number of nitrogens with zero attached hydrogens (tertiary/aromatic N) is 1. The Labute approximate surface area is 185 Å². The van der Waals surface area contributed by atoms with Crippen molar-refractivity contribution in [2.24, 2.45) is 0 Å². The second-order valence-electron chi connectivity index (χ2n) is 7.85. The minimum Gasteiger partial charge on any atom is -0.497 e.